The van der Waals surface area contributed by atoms with E-state index in [-0.39, 0.29) is 11.9 Å². The van der Waals surface area contributed by atoms with Gasteiger partial charge in [0, 0.05) is 4.88 Å². The lowest BCUT2D eigenvalue weighted by atomic mass is 9.98. The van der Waals surface area contributed by atoms with Gasteiger partial charge in [0.05, 0.1) is 17.6 Å². The summed E-state index contributed by atoms with van der Waals surface area (Å²) in [7, 11) is 0. The van der Waals surface area contributed by atoms with E-state index in [1.54, 1.807) is 0 Å². The minimum Gasteiger partial charge on any atom is -0.365 e. The van der Waals surface area contributed by atoms with Gasteiger partial charge in [0.1, 0.15) is 5.00 Å². The first-order chi connectivity index (χ1) is 14.5. The fraction of sp³-hybridized carbons (Fsp3) is 0.250. The first-order valence-corrected chi connectivity index (χ1v) is 11.0. The molecule has 0 aliphatic heterocycles. The molecule has 2 amide bonds. The number of thiophene rings is 1. The molecule has 1 atom stereocenters. The lowest BCUT2D eigenvalue weighted by Gasteiger charge is -2.24. The summed E-state index contributed by atoms with van der Waals surface area (Å²) in [5.41, 5.74) is 9.27. The molecule has 0 saturated carbocycles. The summed E-state index contributed by atoms with van der Waals surface area (Å²) >= 11 is 1.47. The van der Waals surface area contributed by atoms with Crippen molar-refractivity contribution in [1.82, 2.24) is 5.32 Å². The van der Waals surface area contributed by atoms with E-state index in [0.717, 1.165) is 40.8 Å². The summed E-state index contributed by atoms with van der Waals surface area (Å²) in [6, 6.07) is 19.5. The molecule has 1 aliphatic carbocycles. The summed E-state index contributed by atoms with van der Waals surface area (Å²) in [6.45, 7) is 1.83. The van der Waals surface area contributed by atoms with Gasteiger partial charge in [0.25, 0.3) is 5.91 Å². The Kier molecular flexibility index (Phi) is 5.97. The van der Waals surface area contributed by atoms with Crippen LogP contribution in [0.3, 0.4) is 0 Å². The number of rotatable bonds is 7. The molecule has 4 rings (SSSR count). The van der Waals surface area contributed by atoms with Crippen molar-refractivity contribution >= 4 is 28.2 Å². The number of hydrogen-bond acceptors (Lipinski definition) is 4. The Balaban J connectivity index is 1.54. The van der Waals surface area contributed by atoms with Crippen LogP contribution in [0.4, 0.5) is 5.00 Å². The van der Waals surface area contributed by atoms with Crippen LogP contribution < -0.4 is 16.4 Å². The van der Waals surface area contributed by atoms with Crippen molar-refractivity contribution in [2.45, 2.75) is 38.3 Å². The van der Waals surface area contributed by atoms with Gasteiger partial charge in [-0.15, -0.1) is 11.3 Å². The molecule has 6 heteroatoms. The van der Waals surface area contributed by atoms with Crippen LogP contribution in [0.25, 0.3) is 0 Å². The number of amides is 2. The van der Waals surface area contributed by atoms with Gasteiger partial charge < -0.3 is 11.1 Å². The van der Waals surface area contributed by atoms with Gasteiger partial charge in [0.15, 0.2) is 0 Å². The van der Waals surface area contributed by atoms with Gasteiger partial charge in [-0.2, -0.15) is 0 Å². The number of fused-ring (bicyclic) bond motifs is 1. The zero-order chi connectivity index (χ0) is 21.1. The molecule has 1 aromatic heterocycles. The highest BCUT2D eigenvalue weighted by molar-refractivity contribution is 7.17. The first kappa shape index (κ1) is 20.3. The highest BCUT2D eigenvalue weighted by Gasteiger charge is 2.28. The van der Waals surface area contributed by atoms with Crippen molar-refractivity contribution < 1.29 is 9.59 Å². The molecule has 4 N–H and O–H groups in total. The van der Waals surface area contributed by atoms with Gasteiger partial charge >= 0.3 is 0 Å². The lowest BCUT2D eigenvalue weighted by Crippen LogP contribution is -2.40. The smallest absolute Gasteiger partial charge is 0.251 e. The minimum absolute atomic E-state index is 0.128. The van der Waals surface area contributed by atoms with Gasteiger partial charge in [-0.1, -0.05) is 60.7 Å². The van der Waals surface area contributed by atoms with Crippen LogP contribution in [0, 0.1) is 0 Å². The van der Waals surface area contributed by atoms with Gasteiger partial charge in [-0.05, 0) is 42.9 Å². The highest BCUT2D eigenvalue weighted by Crippen LogP contribution is 2.38. The summed E-state index contributed by atoms with van der Waals surface area (Å²) in [5.74, 6) is -0.661. The predicted molar refractivity (Wildman–Crippen MR) is 121 cm³/mol. The molecule has 0 radical (unpaired) electrons. The number of aryl methyl sites for hydroxylation is 1. The molecule has 2 aromatic carbocycles. The van der Waals surface area contributed by atoms with Crippen LogP contribution in [0.15, 0.2) is 60.7 Å². The van der Waals surface area contributed by atoms with Crippen molar-refractivity contribution in [3.8, 4) is 0 Å². The van der Waals surface area contributed by atoms with Gasteiger partial charge in [-0.3, -0.25) is 14.9 Å². The topological polar surface area (TPSA) is 84.2 Å². The van der Waals surface area contributed by atoms with Crippen LogP contribution in [0.5, 0.6) is 0 Å². The second-order valence-electron chi connectivity index (χ2n) is 7.56. The average Bonchev–Trinajstić information content (AvgIpc) is 3.33. The number of benzene rings is 2. The summed E-state index contributed by atoms with van der Waals surface area (Å²) in [4.78, 5) is 26.2. The van der Waals surface area contributed by atoms with Crippen molar-refractivity contribution in [3.05, 3.63) is 87.8 Å². The number of carbonyl (C=O) groups is 2. The van der Waals surface area contributed by atoms with E-state index in [9.17, 15) is 9.59 Å². The minimum atomic E-state index is -0.479. The largest absolute Gasteiger partial charge is 0.365 e. The molecule has 0 saturated heterocycles. The maximum absolute atomic E-state index is 13.0. The molecule has 0 spiro atoms. The summed E-state index contributed by atoms with van der Waals surface area (Å²) < 4.78 is 0. The standard InChI is InChI=1S/C24H25N3O2S/c1-15(23(29)27-24-20(22(25)28)18-13-8-14-19(18)30-24)26-21(16-9-4-2-5-10-16)17-11-6-3-7-12-17/h2-7,9-12,15,21,26H,8,13-14H2,1H3,(H2,25,28)(H,27,29)/t15-/m0/s1. The molecule has 0 fully saturated rings. The number of primary amides is 1. The number of anilines is 1. The van der Waals surface area contributed by atoms with Crippen LogP contribution in [0.1, 0.15) is 51.3 Å². The van der Waals surface area contributed by atoms with Crippen molar-refractivity contribution in [2.24, 2.45) is 5.73 Å². The zero-order valence-electron chi connectivity index (χ0n) is 16.9. The lowest BCUT2D eigenvalue weighted by molar-refractivity contribution is -0.117. The highest BCUT2D eigenvalue weighted by atomic mass is 32.1. The van der Waals surface area contributed by atoms with E-state index in [1.165, 1.54) is 11.3 Å². The third kappa shape index (κ3) is 4.15. The van der Waals surface area contributed by atoms with Crippen LogP contribution in [-0.4, -0.2) is 17.9 Å². The van der Waals surface area contributed by atoms with Crippen molar-refractivity contribution in [1.29, 1.82) is 0 Å². The molecular formula is C24H25N3O2S. The van der Waals surface area contributed by atoms with E-state index in [0.29, 0.717) is 10.6 Å². The number of hydrogen-bond donors (Lipinski definition) is 3. The van der Waals surface area contributed by atoms with Crippen molar-refractivity contribution in [2.75, 3.05) is 5.32 Å². The molecule has 5 nitrogen and oxygen atoms in total. The molecule has 30 heavy (non-hydrogen) atoms. The van der Waals surface area contributed by atoms with Crippen molar-refractivity contribution in [3.63, 3.8) is 0 Å². The summed E-state index contributed by atoms with van der Waals surface area (Å²) in [6.07, 6.45) is 2.81. The van der Waals surface area contributed by atoms with E-state index in [1.807, 2.05) is 67.6 Å². The second kappa shape index (κ2) is 8.81. The van der Waals surface area contributed by atoms with Crippen LogP contribution >= 0.6 is 11.3 Å². The molecule has 154 valence electrons. The Labute approximate surface area is 180 Å². The number of carbonyl (C=O) groups excluding carboxylic acids is 2. The molecular weight excluding hydrogens is 394 g/mol. The van der Waals surface area contributed by atoms with E-state index in [4.69, 9.17) is 5.73 Å². The Morgan fingerprint density at radius 1 is 0.967 bits per heavy atom. The average molecular weight is 420 g/mol. The van der Waals surface area contributed by atoms with Gasteiger partial charge in [0.2, 0.25) is 5.91 Å². The monoisotopic (exact) mass is 419 g/mol. The normalized spacial score (nSPS) is 13.8. The van der Waals surface area contributed by atoms with Gasteiger partial charge in [-0.25, -0.2) is 0 Å². The quantitative estimate of drug-likeness (QED) is 0.540. The fourth-order valence-corrected chi connectivity index (χ4v) is 5.27. The summed E-state index contributed by atoms with van der Waals surface area (Å²) in [5, 5.41) is 6.96. The Morgan fingerprint density at radius 2 is 1.57 bits per heavy atom. The third-order valence-corrected chi connectivity index (χ3v) is 6.69. The van der Waals surface area contributed by atoms with Crippen LogP contribution in [-0.2, 0) is 17.6 Å². The Morgan fingerprint density at radius 3 is 2.13 bits per heavy atom. The molecule has 1 aliphatic rings. The van der Waals surface area contributed by atoms with E-state index in [2.05, 4.69) is 10.6 Å². The molecule has 0 bridgehead atoms. The maximum atomic E-state index is 13.0. The van der Waals surface area contributed by atoms with Crippen LogP contribution in [0.2, 0.25) is 0 Å². The number of nitrogens with two attached hydrogens (primary N) is 1. The predicted octanol–water partition coefficient (Wildman–Crippen LogP) is 4.04. The first-order valence-electron chi connectivity index (χ1n) is 10.2. The molecule has 0 unspecified atom stereocenters. The molecule has 1 heterocycles. The SMILES string of the molecule is C[C@H](NC(c1ccccc1)c1ccccc1)C(=O)Nc1sc2c(c1C(N)=O)CCC2. The number of nitrogens with one attached hydrogen (secondary N) is 2. The Hall–Kier alpha value is -2.96. The zero-order valence-corrected chi connectivity index (χ0v) is 17.7. The second-order valence-corrected chi connectivity index (χ2v) is 8.66. The Bertz CT molecular complexity index is 1010. The maximum Gasteiger partial charge on any atom is 0.251 e. The third-order valence-electron chi connectivity index (χ3n) is 5.48. The van der Waals surface area contributed by atoms with E-state index >= 15 is 0 Å². The fourth-order valence-electron chi connectivity index (χ4n) is 3.97. The van der Waals surface area contributed by atoms with E-state index < -0.39 is 11.9 Å². The molecule has 3 aromatic rings.